The Labute approximate surface area is 233 Å². The summed E-state index contributed by atoms with van der Waals surface area (Å²) >= 11 is 12.2. The number of nitrogens with one attached hydrogen (secondary N) is 1. The van der Waals surface area contributed by atoms with Crippen molar-refractivity contribution < 1.29 is 22.7 Å². The van der Waals surface area contributed by atoms with E-state index in [0.717, 1.165) is 21.7 Å². The summed E-state index contributed by atoms with van der Waals surface area (Å²) in [6.07, 6.45) is 1.21. The summed E-state index contributed by atoms with van der Waals surface area (Å²) in [5.41, 5.74) is 1.67. The van der Waals surface area contributed by atoms with Gasteiger partial charge in [-0.25, -0.2) is 8.42 Å². The Bertz CT molecular complexity index is 1370. The molecule has 8 nitrogen and oxygen atoms in total. The molecule has 38 heavy (non-hydrogen) atoms. The molecule has 3 aromatic carbocycles. The van der Waals surface area contributed by atoms with Gasteiger partial charge >= 0.3 is 0 Å². The van der Waals surface area contributed by atoms with Crippen molar-refractivity contribution in [3.05, 3.63) is 94.0 Å². The van der Waals surface area contributed by atoms with Gasteiger partial charge in [0.05, 0.1) is 19.1 Å². The van der Waals surface area contributed by atoms with Crippen LogP contribution in [0.5, 0.6) is 5.75 Å². The lowest BCUT2D eigenvalue weighted by Crippen LogP contribution is -2.52. The van der Waals surface area contributed by atoms with Crippen molar-refractivity contribution >= 4 is 50.7 Å². The molecule has 0 fully saturated rings. The third-order valence-corrected chi connectivity index (χ3v) is 7.49. The van der Waals surface area contributed by atoms with E-state index in [0.29, 0.717) is 5.02 Å². The molecule has 0 spiro atoms. The van der Waals surface area contributed by atoms with Gasteiger partial charge in [0.1, 0.15) is 18.3 Å². The molecule has 0 aliphatic carbocycles. The van der Waals surface area contributed by atoms with E-state index in [4.69, 9.17) is 27.9 Å². The molecule has 2 amide bonds. The van der Waals surface area contributed by atoms with Gasteiger partial charge in [-0.3, -0.25) is 13.9 Å². The average Bonchev–Trinajstić information content (AvgIpc) is 2.89. The molecule has 0 saturated heterocycles. The molecule has 0 bridgehead atoms. The summed E-state index contributed by atoms with van der Waals surface area (Å²) in [6, 6.07) is 19.7. The van der Waals surface area contributed by atoms with Crippen LogP contribution in [0.1, 0.15) is 11.1 Å². The predicted octanol–water partition coefficient (Wildman–Crippen LogP) is 4.15. The Morgan fingerprint density at radius 2 is 1.58 bits per heavy atom. The highest BCUT2D eigenvalue weighted by atomic mass is 35.5. The number of carbonyl (C=O) groups excluding carboxylic acids is 2. The fourth-order valence-electron chi connectivity index (χ4n) is 3.96. The van der Waals surface area contributed by atoms with Gasteiger partial charge in [0.25, 0.3) is 0 Å². The lowest BCUT2D eigenvalue weighted by Gasteiger charge is -2.33. The van der Waals surface area contributed by atoms with Crippen molar-refractivity contribution in [1.82, 2.24) is 10.2 Å². The maximum Gasteiger partial charge on any atom is 0.244 e. The number of hydrogen-bond acceptors (Lipinski definition) is 5. The number of sulfonamides is 1. The molecular weight excluding hydrogens is 549 g/mol. The van der Waals surface area contributed by atoms with Crippen LogP contribution in [0.3, 0.4) is 0 Å². The zero-order valence-electron chi connectivity index (χ0n) is 21.2. The molecule has 3 aromatic rings. The van der Waals surface area contributed by atoms with Crippen LogP contribution in [0.25, 0.3) is 0 Å². The average molecular weight is 579 g/mol. The number of nitrogens with zero attached hydrogens (tertiary/aromatic N) is 2. The van der Waals surface area contributed by atoms with E-state index in [-0.39, 0.29) is 35.3 Å². The van der Waals surface area contributed by atoms with Gasteiger partial charge in [0, 0.05) is 30.1 Å². The number of anilines is 1. The fraction of sp³-hybridized carbons (Fsp3) is 0.259. The number of ether oxygens (including phenoxy) is 1. The molecule has 0 unspecified atom stereocenters. The Morgan fingerprint density at radius 1 is 0.947 bits per heavy atom. The summed E-state index contributed by atoms with van der Waals surface area (Å²) in [4.78, 5) is 28.4. The van der Waals surface area contributed by atoms with Crippen LogP contribution < -0.4 is 14.4 Å². The summed E-state index contributed by atoms with van der Waals surface area (Å²) in [5, 5.41) is 3.43. The summed E-state index contributed by atoms with van der Waals surface area (Å²) in [6.45, 7) is -0.531. The van der Waals surface area contributed by atoms with Crippen LogP contribution >= 0.6 is 23.2 Å². The minimum atomic E-state index is -3.96. The monoisotopic (exact) mass is 577 g/mol. The second-order valence-corrected chi connectivity index (χ2v) is 11.3. The van der Waals surface area contributed by atoms with E-state index < -0.39 is 28.5 Å². The van der Waals surface area contributed by atoms with Gasteiger partial charge in [0.2, 0.25) is 21.8 Å². The molecule has 0 aliphatic rings. The lowest BCUT2D eigenvalue weighted by molar-refractivity contribution is -0.139. The Balaban J connectivity index is 2.06. The largest absolute Gasteiger partial charge is 0.495 e. The second-order valence-electron chi connectivity index (χ2n) is 8.55. The van der Waals surface area contributed by atoms with Crippen LogP contribution in [0.2, 0.25) is 10.0 Å². The number of halogens is 2. The Morgan fingerprint density at radius 3 is 2.16 bits per heavy atom. The smallest absolute Gasteiger partial charge is 0.244 e. The lowest BCUT2D eigenvalue weighted by atomic mass is 10.0. The maximum absolute atomic E-state index is 13.9. The SMILES string of the molecule is CNC(=O)[C@H](Cc1ccccc1)N(Cc1ccc(Cl)cc1)C(=O)CN(c1cc(Cl)ccc1OC)S(C)(=O)=O. The van der Waals surface area contributed by atoms with E-state index >= 15 is 0 Å². The fourth-order valence-corrected chi connectivity index (χ4v) is 5.10. The first-order valence-electron chi connectivity index (χ1n) is 11.6. The topological polar surface area (TPSA) is 96.0 Å². The van der Waals surface area contributed by atoms with Gasteiger partial charge < -0.3 is 15.0 Å². The summed E-state index contributed by atoms with van der Waals surface area (Å²) < 4.78 is 32.0. The van der Waals surface area contributed by atoms with Gasteiger partial charge in [-0.15, -0.1) is 0 Å². The van der Waals surface area contributed by atoms with Crippen molar-refractivity contribution in [2.75, 3.05) is 31.3 Å². The minimum absolute atomic E-state index is 0.0468. The van der Waals surface area contributed by atoms with E-state index in [1.165, 1.54) is 31.2 Å². The first kappa shape index (κ1) is 29.3. The standard InChI is InChI=1S/C27H29Cl2N3O5S/c1-30-27(34)24(15-19-7-5-4-6-8-19)31(17-20-9-11-21(28)12-10-20)26(33)18-32(38(3,35)36)23-16-22(29)13-14-25(23)37-2/h4-14,16,24H,15,17-18H2,1-3H3,(H,30,34)/t24-/m0/s1. The van der Waals surface area contributed by atoms with Crippen LogP contribution in [-0.4, -0.2) is 58.1 Å². The summed E-state index contributed by atoms with van der Waals surface area (Å²) in [7, 11) is -1.07. The quantitative estimate of drug-likeness (QED) is 0.369. The van der Waals surface area contributed by atoms with Crippen LogP contribution in [0.15, 0.2) is 72.8 Å². The minimum Gasteiger partial charge on any atom is -0.495 e. The normalized spacial score (nSPS) is 11.9. The molecule has 11 heteroatoms. The van der Waals surface area contributed by atoms with Gasteiger partial charge in [-0.1, -0.05) is 65.7 Å². The maximum atomic E-state index is 13.9. The number of benzene rings is 3. The molecule has 1 N–H and O–H groups in total. The molecule has 0 saturated carbocycles. The number of likely N-dealkylation sites (N-methyl/N-ethyl adjacent to an activating group) is 1. The van der Waals surface area contributed by atoms with Crippen molar-refractivity contribution in [3.63, 3.8) is 0 Å². The number of rotatable bonds is 11. The van der Waals surface area contributed by atoms with Gasteiger partial charge in [-0.2, -0.15) is 0 Å². The summed E-state index contributed by atoms with van der Waals surface area (Å²) in [5.74, 6) is -0.747. The highest BCUT2D eigenvalue weighted by molar-refractivity contribution is 7.92. The molecule has 0 heterocycles. The van der Waals surface area contributed by atoms with Crippen LogP contribution in [-0.2, 0) is 32.6 Å². The van der Waals surface area contributed by atoms with Gasteiger partial charge in [0.15, 0.2) is 0 Å². The van der Waals surface area contributed by atoms with Crippen molar-refractivity contribution in [3.8, 4) is 5.75 Å². The van der Waals surface area contributed by atoms with Crippen molar-refractivity contribution in [1.29, 1.82) is 0 Å². The predicted molar refractivity (Wildman–Crippen MR) is 150 cm³/mol. The number of carbonyl (C=O) groups is 2. The molecule has 0 aromatic heterocycles. The number of methoxy groups -OCH3 is 1. The highest BCUT2D eigenvalue weighted by Gasteiger charge is 2.33. The number of hydrogen-bond donors (Lipinski definition) is 1. The van der Waals surface area contributed by atoms with E-state index in [9.17, 15) is 18.0 Å². The molecular formula is C27H29Cl2N3O5S. The highest BCUT2D eigenvalue weighted by Crippen LogP contribution is 2.33. The zero-order chi connectivity index (χ0) is 27.9. The molecule has 0 aliphatic heterocycles. The first-order valence-corrected chi connectivity index (χ1v) is 14.2. The second kappa shape index (κ2) is 13.0. The van der Waals surface area contributed by atoms with Crippen LogP contribution in [0, 0.1) is 0 Å². The van der Waals surface area contributed by atoms with Crippen molar-refractivity contribution in [2.45, 2.75) is 19.0 Å². The Hall–Kier alpha value is -3.27. The van der Waals surface area contributed by atoms with E-state index in [2.05, 4.69) is 5.32 Å². The van der Waals surface area contributed by atoms with E-state index in [1.807, 2.05) is 30.3 Å². The molecule has 202 valence electrons. The van der Waals surface area contributed by atoms with E-state index in [1.54, 1.807) is 30.3 Å². The number of amides is 2. The van der Waals surface area contributed by atoms with Gasteiger partial charge in [-0.05, 0) is 41.5 Å². The third kappa shape index (κ3) is 7.63. The zero-order valence-corrected chi connectivity index (χ0v) is 23.6. The third-order valence-electron chi connectivity index (χ3n) is 5.87. The van der Waals surface area contributed by atoms with Crippen molar-refractivity contribution in [2.24, 2.45) is 0 Å². The molecule has 0 radical (unpaired) electrons. The molecule has 1 atom stereocenters. The Kier molecular flexibility index (Phi) is 10.0. The first-order chi connectivity index (χ1) is 18.0. The molecule has 3 rings (SSSR count). The van der Waals surface area contributed by atoms with Crippen LogP contribution in [0.4, 0.5) is 5.69 Å².